The van der Waals surface area contributed by atoms with Crippen LogP contribution < -0.4 is 0 Å². The van der Waals surface area contributed by atoms with Gasteiger partial charge in [0.15, 0.2) is 0 Å². The molecule has 0 fully saturated rings. The third-order valence-corrected chi connectivity index (χ3v) is 4.09. The number of hydrogen-bond acceptors (Lipinski definition) is 3. The molecule has 0 amide bonds. The number of rotatable bonds is 9. The summed E-state index contributed by atoms with van der Waals surface area (Å²) in [5, 5.41) is 0.741. The minimum atomic E-state index is -0.0665. The maximum atomic E-state index is 6.09. The zero-order valence-electron chi connectivity index (χ0n) is 15.6. The monoisotopic (exact) mass is 418 g/mol. The highest BCUT2D eigenvalue weighted by Crippen LogP contribution is 2.22. The van der Waals surface area contributed by atoms with Crippen molar-refractivity contribution in [2.45, 2.75) is 19.2 Å². The summed E-state index contributed by atoms with van der Waals surface area (Å²) < 4.78 is 6.09. The Balaban J connectivity index is 0.00000312. The molecule has 146 valence electrons. The molecule has 1 atom stereocenters. The number of benzene rings is 2. The van der Waals surface area contributed by atoms with Crippen LogP contribution in [-0.2, 0) is 11.3 Å². The Morgan fingerprint density at radius 1 is 0.962 bits per heavy atom. The first kappa shape index (κ1) is 25.2. The molecule has 2 aromatic carbocycles. The second kappa shape index (κ2) is 13.4. The Bertz CT molecular complexity index is 611. The SMILES string of the molecule is CN(CCCOC(c1cccc(Cl)c1)N(C)C)Cc1ccccc1.Cl.Cl. The van der Waals surface area contributed by atoms with E-state index in [1.54, 1.807) is 0 Å². The first-order valence-electron chi connectivity index (χ1n) is 8.32. The molecular weight excluding hydrogens is 391 g/mol. The van der Waals surface area contributed by atoms with E-state index in [0.717, 1.165) is 30.1 Å². The van der Waals surface area contributed by atoms with Crippen LogP contribution in [0.3, 0.4) is 0 Å². The molecule has 0 N–H and O–H groups in total. The van der Waals surface area contributed by atoms with Crippen molar-refractivity contribution in [3.05, 3.63) is 70.7 Å². The molecule has 0 aliphatic heterocycles. The lowest BCUT2D eigenvalue weighted by atomic mass is 10.2. The third-order valence-electron chi connectivity index (χ3n) is 3.86. The van der Waals surface area contributed by atoms with Crippen LogP contribution in [0, 0.1) is 0 Å². The van der Waals surface area contributed by atoms with Crippen molar-refractivity contribution in [1.29, 1.82) is 0 Å². The zero-order chi connectivity index (χ0) is 17.4. The quantitative estimate of drug-likeness (QED) is 0.406. The average molecular weight is 420 g/mol. The molecule has 0 saturated carbocycles. The molecule has 2 rings (SSSR count). The summed E-state index contributed by atoms with van der Waals surface area (Å²) in [4.78, 5) is 4.39. The average Bonchev–Trinajstić information content (AvgIpc) is 2.55. The molecule has 0 heterocycles. The van der Waals surface area contributed by atoms with Gasteiger partial charge in [0.25, 0.3) is 0 Å². The first-order valence-corrected chi connectivity index (χ1v) is 8.70. The van der Waals surface area contributed by atoms with E-state index in [0.29, 0.717) is 6.61 Å². The lowest BCUT2D eigenvalue weighted by molar-refractivity contribution is -0.0409. The summed E-state index contributed by atoms with van der Waals surface area (Å²) in [5.74, 6) is 0. The Hall–Kier alpha value is -0.810. The molecule has 0 aromatic heterocycles. The van der Waals surface area contributed by atoms with E-state index in [4.69, 9.17) is 16.3 Å². The molecule has 0 bridgehead atoms. The summed E-state index contributed by atoms with van der Waals surface area (Å²) in [7, 11) is 6.19. The van der Waals surface area contributed by atoms with Crippen LogP contribution in [0.25, 0.3) is 0 Å². The zero-order valence-corrected chi connectivity index (χ0v) is 18.0. The molecule has 2 aromatic rings. The van der Waals surface area contributed by atoms with Gasteiger partial charge in [-0.1, -0.05) is 54.1 Å². The van der Waals surface area contributed by atoms with Gasteiger partial charge in [-0.3, -0.25) is 4.90 Å². The van der Waals surface area contributed by atoms with E-state index in [1.165, 1.54) is 5.56 Å². The van der Waals surface area contributed by atoms with Crippen molar-refractivity contribution in [2.75, 3.05) is 34.3 Å². The topological polar surface area (TPSA) is 15.7 Å². The predicted octanol–water partition coefficient (Wildman–Crippen LogP) is 5.28. The van der Waals surface area contributed by atoms with Gasteiger partial charge in [0.2, 0.25) is 0 Å². The number of ether oxygens (including phenoxy) is 1. The molecule has 6 heteroatoms. The molecule has 0 saturated heterocycles. The molecule has 26 heavy (non-hydrogen) atoms. The third kappa shape index (κ3) is 8.72. The molecular formula is C20H29Cl3N2O. The van der Waals surface area contributed by atoms with E-state index in [1.807, 2.05) is 32.3 Å². The summed E-state index contributed by atoms with van der Waals surface area (Å²) in [6.07, 6.45) is 0.928. The molecule has 0 aliphatic carbocycles. The van der Waals surface area contributed by atoms with E-state index < -0.39 is 0 Å². The fraction of sp³-hybridized carbons (Fsp3) is 0.400. The maximum Gasteiger partial charge on any atom is 0.136 e. The molecule has 0 spiro atoms. The van der Waals surface area contributed by atoms with Crippen molar-refractivity contribution in [3.8, 4) is 0 Å². The van der Waals surface area contributed by atoms with Crippen molar-refractivity contribution < 1.29 is 4.74 Å². The fourth-order valence-electron chi connectivity index (χ4n) is 2.71. The van der Waals surface area contributed by atoms with Gasteiger partial charge in [0.05, 0.1) is 6.61 Å². The Morgan fingerprint density at radius 3 is 2.27 bits per heavy atom. The highest BCUT2D eigenvalue weighted by atomic mass is 35.5. The van der Waals surface area contributed by atoms with E-state index >= 15 is 0 Å². The smallest absolute Gasteiger partial charge is 0.136 e. The van der Waals surface area contributed by atoms with E-state index in [-0.39, 0.29) is 31.0 Å². The fourth-order valence-corrected chi connectivity index (χ4v) is 2.91. The van der Waals surface area contributed by atoms with Crippen LogP contribution in [0.1, 0.15) is 23.8 Å². The van der Waals surface area contributed by atoms with Crippen molar-refractivity contribution in [1.82, 2.24) is 9.80 Å². The predicted molar refractivity (Wildman–Crippen MR) is 116 cm³/mol. The van der Waals surface area contributed by atoms with Crippen molar-refractivity contribution >= 4 is 36.4 Å². The molecule has 3 nitrogen and oxygen atoms in total. The van der Waals surface area contributed by atoms with Gasteiger partial charge in [0.1, 0.15) is 6.23 Å². The first-order chi connectivity index (χ1) is 11.6. The number of hydrogen-bond donors (Lipinski definition) is 0. The van der Waals surface area contributed by atoms with Crippen LogP contribution in [0.15, 0.2) is 54.6 Å². The second-order valence-electron chi connectivity index (χ2n) is 6.32. The van der Waals surface area contributed by atoms with Gasteiger partial charge in [-0.2, -0.15) is 0 Å². The lowest BCUT2D eigenvalue weighted by Gasteiger charge is -2.25. The highest BCUT2D eigenvalue weighted by Gasteiger charge is 2.14. The normalized spacial score (nSPS) is 11.8. The van der Waals surface area contributed by atoms with E-state index in [2.05, 4.69) is 53.2 Å². The number of nitrogens with zero attached hydrogens (tertiary/aromatic N) is 2. The van der Waals surface area contributed by atoms with Gasteiger partial charge < -0.3 is 9.64 Å². The highest BCUT2D eigenvalue weighted by molar-refractivity contribution is 6.30. The standard InChI is InChI=1S/C20H27ClN2O.2ClH/c1-22(2)20(18-11-7-12-19(21)15-18)24-14-8-13-23(3)16-17-9-5-4-6-10-17;;/h4-7,9-12,15,20H,8,13-14,16H2,1-3H3;2*1H. The molecule has 1 unspecified atom stereocenters. The van der Waals surface area contributed by atoms with Crippen LogP contribution in [0.2, 0.25) is 5.02 Å². The van der Waals surface area contributed by atoms with Gasteiger partial charge in [-0.25, -0.2) is 0 Å². The minimum Gasteiger partial charge on any atom is -0.359 e. The maximum absolute atomic E-state index is 6.09. The van der Waals surface area contributed by atoms with Crippen molar-refractivity contribution in [3.63, 3.8) is 0 Å². The number of halogens is 3. The Labute approximate surface area is 175 Å². The van der Waals surface area contributed by atoms with Gasteiger partial charge in [0, 0.05) is 18.1 Å². The van der Waals surface area contributed by atoms with Crippen LogP contribution in [0.5, 0.6) is 0 Å². The van der Waals surface area contributed by atoms with Crippen LogP contribution in [0.4, 0.5) is 0 Å². The summed E-state index contributed by atoms with van der Waals surface area (Å²) in [5.41, 5.74) is 2.43. The van der Waals surface area contributed by atoms with Crippen LogP contribution >= 0.6 is 36.4 Å². The Morgan fingerprint density at radius 2 is 1.65 bits per heavy atom. The lowest BCUT2D eigenvalue weighted by Crippen LogP contribution is -2.25. The van der Waals surface area contributed by atoms with Crippen LogP contribution in [-0.4, -0.2) is 44.1 Å². The summed E-state index contributed by atoms with van der Waals surface area (Å²) >= 11 is 6.09. The summed E-state index contributed by atoms with van der Waals surface area (Å²) in [6.45, 7) is 2.69. The van der Waals surface area contributed by atoms with Crippen molar-refractivity contribution in [2.24, 2.45) is 0 Å². The second-order valence-corrected chi connectivity index (χ2v) is 6.76. The Kier molecular flexibility index (Phi) is 13.0. The van der Waals surface area contributed by atoms with Gasteiger partial charge in [-0.15, -0.1) is 24.8 Å². The summed E-state index contributed by atoms with van der Waals surface area (Å²) in [6, 6.07) is 18.4. The van der Waals surface area contributed by atoms with E-state index in [9.17, 15) is 0 Å². The molecule has 0 radical (unpaired) electrons. The minimum absolute atomic E-state index is 0. The van der Waals surface area contributed by atoms with Gasteiger partial charge in [-0.05, 0) is 50.8 Å². The largest absolute Gasteiger partial charge is 0.359 e. The molecule has 0 aliphatic rings. The van der Waals surface area contributed by atoms with Gasteiger partial charge >= 0.3 is 0 Å².